The van der Waals surface area contributed by atoms with Gasteiger partial charge in [0.25, 0.3) is 5.91 Å². The van der Waals surface area contributed by atoms with Gasteiger partial charge >= 0.3 is 5.97 Å². The van der Waals surface area contributed by atoms with Crippen molar-refractivity contribution in [3.8, 4) is 17.0 Å². The summed E-state index contributed by atoms with van der Waals surface area (Å²) in [4.78, 5) is 31.5. The second-order valence-corrected chi connectivity index (χ2v) is 9.03. The highest BCUT2D eigenvalue weighted by Crippen LogP contribution is 2.38. The Labute approximate surface area is 198 Å². The van der Waals surface area contributed by atoms with Crippen molar-refractivity contribution in [2.75, 3.05) is 18.1 Å². The van der Waals surface area contributed by atoms with Crippen LogP contribution in [0.15, 0.2) is 53.9 Å². The topological polar surface area (TPSA) is 68.7 Å². The first-order valence-electron chi connectivity index (χ1n) is 11.3. The number of carbonyl (C=O) groups is 2. The maximum atomic E-state index is 12.8. The van der Waals surface area contributed by atoms with Gasteiger partial charge in [-0.1, -0.05) is 50.1 Å². The number of carbonyl (C=O) groups excluding carboxylic acids is 2. The average molecular weight is 465 g/mol. The van der Waals surface area contributed by atoms with Crippen LogP contribution >= 0.6 is 11.3 Å². The first kappa shape index (κ1) is 23.0. The van der Waals surface area contributed by atoms with Crippen molar-refractivity contribution in [2.24, 2.45) is 0 Å². The largest absolute Gasteiger partial charge is 0.479 e. The Morgan fingerprint density at radius 2 is 2.00 bits per heavy atom. The molecule has 3 aromatic rings. The predicted molar refractivity (Wildman–Crippen MR) is 130 cm³/mol. The van der Waals surface area contributed by atoms with E-state index in [9.17, 15) is 9.59 Å². The third-order valence-electron chi connectivity index (χ3n) is 5.51. The van der Waals surface area contributed by atoms with Crippen molar-refractivity contribution in [3.05, 3.63) is 64.5 Å². The average Bonchev–Trinajstić information content (AvgIpc) is 3.28. The SMILES string of the molecule is CCCCCOC(=O)CN1C(=O)C(C)Oc2ccc(-c3csc(Cc4ccccc4)n3)cc21. The fourth-order valence-electron chi connectivity index (χ4n) is 3.74. The molecular formula is C26H28N2O4S. The molecule has 0 radical (unpaired) electrons. The molecule has 1 atom stereocenters. The molecule has 0 N–H and O–H groups in total. The van der Waals surface area contributed by atoms with Crippen LogP contribution in [0.25, 0.3) is 11.3 Å². The molecule has 1 amide bonds. The Kier molecular flexibility index (Phi) is 7.40. The number of amides is 1. The fourth-order valence-corrected chi connectivity index (χ4v) is 4.57. The second kappa shape index (κ2) is 10.6. The van der Waals surface area contributed by atoms with E-state index >= 15 is 0 Å². The zero-order valence-electron chi connectivity index (χ0n) is 19.0. The minimum atomic E-state index is -0.659. The standard InChI is InChI=1S/C26H28N2O4S/c1-3-4-8-13-31-25(29)16-28-22-15-20(11-12-23(22)32-18(2)26(28)30)21-17-33-24(27-21)14-19-9-6-5-7-10-19/h5-7,9-12,15,17-18H,3-4,8,13-14,16H2,1-2H3. The lowest BCUT2D eigenvalue weighted by Crippen LogP contribution is -2.47. The fraction of sp³-hybridized carbons (Fsp3) is 0.346. The number of benzene rings is 2. The summed E-state index contributed by atoms with van der Waals surface area (Å²) < 4.78 is 11.1. The molecule has 172 valence electrons. The molecule has 0 bridgehead atoms. The number of fused-ring (bicyclic) bond motifs is 1. The van der Waals surface area contributed by atoms with E-state index in [1.165, 1.54) is 10.5 Å². The van der Waals surface area contributed by atoms with Crippen LogP contribution < -0.4 is 9.64 Å². The molecular weight excluding hydrogens is 436 g/mol. The molecule has 1 aromatic heterocycles. The molecule has 0 fully saturated rings. The van der Waals surface area contributed by atoms with Crippen LogP contribution in [0.2, 0.25) is 0 Å². The van der Waals surface area contributed by atoms with E-state index in [2.05, 4.69) is 19.1 Å². The third-order valence-corrected chi connectivity index (χ3v) is 6.36. The molecule has 2 aromatic carbocycles. The molecule has 4 rings (SSSR count). The number of esters is 1. The van der Waals surface area contributed by atoms with Crippen LogP contribution in [0.1, 0.15) is 43.7 Å². The number of aromatic nitrogens is 1. The van der Waals surface area contributed by atoms with Crippen LogP contribution in [0.5, 0.6) is 5.75 Å². The lowest BCUT2D eigenvalue weighted by Gasteiger charge is -2.32. The van der Waals surface area contributed by atoms with Crippen LogP contribution in [0.4, 0.5) is 5.69 Å². The third kappa shape index (κ3) is 5.60. The lowest BCUT2D eigenvalue weighted by molar-refractivity contribution is -0.143. The number of nitrogens with zero attached hydrogens (tertiary/aromatic N) is 2. The van der Waals surface area contributed by atoms with Crippen LogP contribution in [0.3, 0.4) is 0 Å². The van der Waals surface area contributed by atoms with Crippen molar-refractivity contribution in [2.45, 2.75) is 45.6 Å². The van der Waals surface area contributed by atoms with Gasteiger partial charge in [0.05, 0.1) is 23.0 Å². The van der Waals surface area contributed by atoms with Gasteiger partial charge in [-0.15, -0.1) is 11.3 Å². The van der Waals surface area contributed by atoms with Crippen molar-refractivity contribution >= 4 is 28.9 Å². The van der Waals surface area contributed by atoms with E-state index < -0.39 is 12.1 Å². The molecule has 0 saturated heterocycles. The Morgan fingerprint density at radius 1 is 1.18 bits per heavy atom. The first-order valence-corrected chi connectivity index (χ1v) is 12.2. The summed E-state index contributed by atoms with van der Waals surface area (Å²) >= 11 is 1.60. The van der Waals surface area contributed by atoms with Crippen LogP contribution in [0, 0.1) is 0 Å². The van der Waals surface area contributed by atoms with E-state index in [0.29, 0.717) is 18.0 Å². The summed E-state index contributed by atoms with van der Waals surface area (Å²) in [5.74, 6) is -0.0960. The van der Waals surface area contributed by atoms with E-state index in [0.717, 1.165) is 41.9 Å². The Hall–Kier alpha value is -3.19. The second-order valence-electron chi connectivity index (χ2n) is 8.08. The number of anilines is 1. The highest BCUT2D eigenvalue weighted by atomic mass is 32.1. The highest BCUT2D eigenvalue weighted by molar-refractivity contribution is 7.10. The number of hydrogen-bond donors (Lipinski definition) is 0. The molecule has 0 aliphatic carbocycles. The minimum absolute atomic E-state index is 0.133. The summed E-state index contributed by atoms with van der Waals surface area (Å²) in [6.45, 7) is 4.02. The van der Waals surface area contributed by atoms with Crippen molar-refractivity contribution in [1.29, 1.82) is 0 Å². The van der Waals surface area contributed by atoms with Crippen LogP contribution in [-0.2, 0) is 20.7 Å². The van der Waals surface area contributed by atoms with E-state index in [-0.39, 0.29) is 12.5 Å². The summed E-state index contributed by atoms with van der Waals surface area (Å²) in [6.07, 6.45) is 2.99. The van der Waals surface area contributed by atoms with Gasteiger partial charge in [-0.05, 0) is 37.1 Å². The van der Waals surface area contributed by atoms with E-state index in [4.69, 9.17) is 14.5 Å². The number of thiazole rings is 1. The van der Waals surface area contributed by atoms with Crippen molar-refractivity contribution in [1.82, 2.24) is 4.98 Å². The summed E-state index contributed by atoms with van der Waals surface area (Å²) in [6, 6.07) is 15.9. The zero-order valence-corrected chi connectivity index (χ0v) is 19.8. The normalized spacial score (nSPS) is 15.2. The molecule has 2 heterocycles. The monoisotopic (exact) mass is 464 g/mol. The predicted octanol–water partition coefficient (Wildman–Crippen LogP) is 5.25. The first-order chi connectivity index (χ1) is 16.0. The minimum Gasteiger partial charge on any atom is -0.479 e. The maximum Gasteiger partial charge on any atom is 0.326 e. The number of ether oxygens (including phenoxy) is 2. The van der Waals surface area contributed by atoms with Gasteiger partial charge in [0.1, 0.15) is 12.3 Å². The molecule has 0 saturated carbocycles. The molecule has 0 spiro atoms. The van der Waals surface area contributed by atoms with Gasteiger partial charge in [-0.3, -0.25) is 14.5 Å². The van der Waals surface area contributed by atoms with Crippen molar-refractivity contribution in [3.63, 3.8) is 0 Å². The van der Waals surface area contributed by atoms with Gasteiger partial charge in [0, 0.05) is 17.4 Å². The summed E-state index contributed by atoms with van der Waals surface area (Å²) in [5, 5.41) is 3.03. The zero-order chi connectivity index (χ0) is 23.2. The van der Waals surface area contributed by atoms with Crippen molar-refractivity contribution < 1.29 is 19.1 Å². The Bertz CT molecular complexity index is 1110. The van der Waals surface area contributed by atoms with Gasteiger partial charge in [0.15, 0.2) is 6.10 Å². The molecule has 1 aliphatic rings. The Morgan fingerprint density at radius 3 is 2.79 bits per heavy atom. The number of rotatable bonds is 9. The number of unbranched alkanes of at least 4 members (excludes halogenated alkanes) is 2. The van der Waals surface area contributed by atoms with E-state index in [1.807, 2.05) is 41.8 Å². The highest BCUT2D eigenvalue weighted by Gasteiger charge is 2.33. The summed E-state index contributed by atoms with van der Waals surface area (Å²) in [5.41, 5.74) is 3.48. The van der Waals surface area contributed by atoms with Gasteiger partial charge in [0.2, 0.25) is 0 Å². The molecule has 1 aliphatic heterocycles. The van der Waals surface area contributed by atoms with Gasteiger partial charge in [-0.2, -0.15) is 0 Å². The molecule has 33 heavy (non-hydrogen) atoms. The quantitative estimate of drug-likeness (QED) is 0.320. The summed E-state index contributed by atoms with van der Waals surface area (Å²) in [7, 11) is 0. The van der Waals surface area contributed by atoms with E-state index in [1.54, 1.807) is 18.3 Å². The maximum absolute atomic E-state index is 12.8. The van der Waals surface area contributed by atoms with Crippen LogP contribution in [-0.4, -0.2) is 36.1 Å². The van der Waals surface area contributed by atoms with Gasteiger partial charge < -0.3 is 9.47 Å². The smallest absolute Gasteiger partial charge is 0.326 e. The molecule has 6 nitrogen and oxygen atoms in total. The Balaban J connectivity index is 1.53. The number of hydrogen-bond acceptors (Lipinski definition) is 6. The lowest BCUT2D eigenvalue weighted by atomic mass is 10.1. The molecule has 7 heteroatoms. The molecule has 1 unspecified atom stereocenters. The van der Waals surface area contributed by atoms with Gasteiger partial charge in [-0.25, -0.2) is 4.98 Å².